The lowest BCUT2D eigenvalue weighted by molar-refractivity contribution is 0.0692. The fourth-order valence-corrected chi connectivity index (χ4v) is 2.99. The van der Waals surface area contributed by atoms with Gasteiger partial charge in [-0.25, -0.2) is 9.78 Å². The van der Waals surface area contributed by atoms with Crippen molar-refractivity contribution in [2.24, 2.45) is 0 Å². The predicted octanol–water partition coefficient (Wildman–Crippen LogP) is 4.14. The lowest BCUT2D eigenvalue weighted by Gasteiger charge is -2.07. The standard InChI is InChI=1S/C14H12BrNO2S/c1-9-4-2-3-5-10(9)8-19-13-12(14(17)18)6-11(15)7-16-13/h2-7H,8H2,1H3,(H,17,18). The SMILES string of the molecule is Cc1ccccc1CSc1ncc(Br)cc1C(=O)O. The maximum absolute atomic E-state index is 11.2. The largest absolute Gasteiger partial charge is 0.478 e. The molecular formula is C14H12BrNO2S. The van der Waals surface area contributed by atoms with Gasteiger partial charge in [0.2, 0.25) is 0 Å². The zero-order valence-electron chi connectivity index (χ0n) is 10.3. The maximum Gasteiger partial charge on any atom is 0.338 e. The first-order valence-electron chi connectivity index (χ1n) is 5.64. The molecule has 2 aromatic rings. The maximum atomic E-state index is 11.2. The molecule has 1 N–H and O–H groups in total. The van der Waals surface area contributed by atoms with Crippen LogP contribution < -0.4 is 0 Å². The monoisotopic (exact) mass is 337 g/mol. The number of aromatic nitrogens is 1. The Kier molecular flexibility index (Phi) is 4.61. The van der Waals surface area contributed by atoms with Gasteiger partial charge in [0.05, 0.1) is 5.56 Å². The summed E-state index contributed by atoms with van der Waals surface area (Å²) >= 11 is 4.68. The topological polar surface area (TPSA) is 50.2 Å². The van der Waals surface area contributed by atoms with Gasteiger partial charge in [0.25, 0.3) is 0 Å². The van der Waals surface area contributed by atoms with Gasteiger partial charge in [0.1, 0.15) is 5.03 Å². The van der Waals surface area contributed by atoms with Gasteiger partial charge in [-0.1, -0.05) is 24.3 Å². The van der Waals surface area contributed by atoms with Gasteiger partial charge >= 0.3 is 5.97 Å². The lowest BCUT2D eigenvalue weighted by Crippen LogP contribution is -2.01. The number of rotatable bonds is 4. The molecule has 2 rings (SSSR count). The summed E-state index contributed by atoms with van der Waals surface area (Å²) in [6.07, 6.45) is 1.62. The molecule has 98 valence electrons. The van der Waals surface area contributed by atoms with Crippen LogP contribution >= 0.6 is 27.7 Å². The molecule has 0 fully saturated rings. The first kappa shape index (κ1) is 14.1. The summed E-state index contributed by atoms with van der Waals surface area (Å²) in [6, 6.07) is 9.64. The van der Waals surface area contributed by atoms with E-state index in [1.807, 2.05) is 31.2 Å². The number of carboxylic acids is 1. The normalized spacial score (nSPS) is 10.4. The number of aromatic carboxylic acids is 1. The first-order valence-corrected chi connectivity index (χ1v) is 7.42. The van der Waals surface area contributed by atoms with E-state index in [0.29, 0.717) is 15.3 Å². The molecule has 0 aliphatic rings. The fourth-order valence-electron chi connectivity index (χ4n) is 1.61. The minimum absolute atomic E-state index is 0.230. The molecule has 0 saturated carbocycles. The fraction of sp³-hybridized carbons (Fsp3) is 0.143. The van der Waals surface area contributed by atoms with Crippen molar-refractivity contribution in [1.82, 2.24) is 4.98 Å². The van der Waals surface area contributed by atoms with Crippen molar-refractivity contribution >= 4 is 33.7 Å². The van der Waals surface area contributed by atoms with Crippen LogP contribution in [0, 0.1) is 6.92 Å². The summed E-state index contributed by atoms with van der Waals surface area (Å²) in [4.78, 5) is 15.4. The minimum atomic E-state index is -0.957. The molecule has 0 aliphatic heterocycles. The van der Waals surface area contributed by atoms with Crippen molar-refractivity contribution < 1.29 is 9.90 Å². The van der Waals surface area contributed by atoms with E-state index >= 15 is 0 Å². The molecule has 0 amide bonds. The highest BCUT2D eigenvalue weighted by molar-refractivity contribution is 9.10. The number of carboxylic acid groups (broad SMARTS) is 1. The van der Waals surface area contributed by atoms with Crippen molar-refractivity contribution in [3.8, 4) is 0 Å². The van der Waals surface area contributed by atoms with E-state index in [-0.39, 0.29) is 5.56 Å². The molecule has 0 radical (unpaired) electrons. The first-order chi connectivity index (χ1) is 9.08. The van der Waals surface area contributed by atoms with E-state index < -0.39 is 5.97 Å². The highest BCUT2D eigenvalue weighted by Gasteiger charge is 2.13. The lowest BCUT2D eigenvalue weighted by atomic mass is 10.1. The summed E-state index contributed by atoms with van der Waals surface area (Å²) in [6.45, 7) is 2.04. The van der Waals surface area contributed by atoms with Crippen LogP contribution in [0.15, 0.2) is 46.0 Å². The zero-order valence-corrected chi connectivity index (χ0v) is 12.7. The Morgan fingerprint density at radius 2 is 2.16 bits per heavy atom. The quantitative estimate of drug-likeness (QED) is 0.851. The number of halogens is 1. The summed E-state index contributed by atoms with van der Waals surface area (Å²) in [5.74, 6) is -0.247. The van der Waals surface area contributed by atoms with Crippen LogP contribution in [0.4, 0.5) is 0 Å². The summed E-state index contributed by atoms with van der Waals surface area (Å²) in [5.41, 5.74) is 2.62. The van der Waals surface area contributed by atoms with Crippen molar-refractivity contribution in [1.29, 1.82) is 0 Å². The summed E-state index contributed by atoms with van der Waals surface area (Å²) in [5, 5.41) is 9.71. The van der Waals surface area contributed by atoms with Crippen LogP contribution in [-0.4, -0.2) is 16.1 Å². The number of nitrogens with zero attached hydrogens (tertiary/aromatic N) is 1. The Morgan fingerprint density at radius 3 is 2.84 bits per heavy atom. The van der Waals surface area contributed by atoms with Crippen LogP contribution in [0.1, 0.15) is 21.5 Å². The van der Waals surface area contributed by atoms with Crippen LogP contribution in [0.5, 0.6) is 0 Å². The van der Waals surface area contributed by atoms with Crippen molar-refractivity contribution in [3.05, 3.63) is 57.7 Å². The smallest absolute Gasteiger partial charge is 0.338 e. The van der Waals surface area contributed by atoms with E-state index in [0.717, 1.165) is 0 Å². The van der Waals surface area contributed by atoms with Crippen molar-refractivity contribution in [2.45, 2.75) is 17.7 Å². The second kappa shape index (κ2) is 6.21. The Morgan fingerprint density at radius 1 is 1.42 bits per heavy atom. The number of carbonyl (C=O) groups is 1. The molecule has 19 heavy (non-hydrogen) atoms. The highest BCUT2D eigenvalue weighted by atomic mass is 79.9. The van der Waals surface area contributed by atoms with E-state index in [1.54, 1.807) is 12.3 Å². The van der Waals surface area contributed by atoms with E-state index in [2.05, 4.69) is 20.9 Å². The van der Waals surface area contributed by atoms with Gasteiger partial charge in [-0.05, 0) is 40.0 Å². The molecule has 0 aliphatic carbocycles. The van der Waals surface area contributed by atoms with E-state index in [4.69, 9.17) is 5.11 Å². The van der Waals surface area contributed by atoms with Crippen LogP contribution in [0.3, 0.4) is 0 Å². The molecule has 0 bridgehead atoms. The third-order valence-corrected chi connectivity index (χ3v) is 4.16. The van der Waals surface area contributed by atoms with Gasteiger partial charge in [-0.3, -0.25) is 0 Å². The number of thioether (sulfide) groups is 1. The number of pyridine rings is 1. The van der Waals surface area contributed by atoms with Crippen LogP contribution in [-0.2, 0) is 5.75 Å². The molecule has 1 aromatic carbocycles. The zero-order chi connectivity index (χ0) is 13.8. The van der Waals surface area contributed by atoms with Crippen molar-refractivity contribution in [3.63, 3.8) is 0 Å². The number of hydrogen-bond donors (Lipinski definition) is 1. The number of hydrogen-bond acceptors (Lipinski definition) is 3. The van der Waals surface area contributed by atoms with Crippen LogP contribution in [0.2, 0.25) is 0 Å². The molecule has 1 heterocycles. The van der Waals surface area contributed by atoms with Gasteiger partial charge in [-0.15, -0.1) is 11.8 Å². The summed E-state index contributed by atoms with van der Waals surface area (Å²) < 4.78 is 0.671. The number of aryl methyl sites for hydroxylation is 1. The van der Waals surface area contributed by atoms with Gasteiger partial charge in [0, 0.05) is 16.4 Å². The average Bonchev–Trinajstić information content (AvgIpc) is 2.38. The number of benzene rings is 1. The molecule has 5 heteroatoms. The van der Waals surface area contributed by atoms with E-state index in [9.17, 15) is 4.79 Å². The molecule has 3 nitrogen and oxygen atoms in total. The molecule has 0 spiro atoms. The minimum Gasteiger partial charge on any atom is -0.478 e. The molecule has 1 aromatic heterocycles. The molecule has 0 saturated heterocycles. The Labute approximate surface area is 124 Å². The molecule has 0 unspecified atom stereocenters. The highest BCUT2D eigenvalue weighted by Crippen LogP contribution is 2.27. The summed E-state index contributed by atoms with van der Waals surface area (Å²) in [7, 11) is 0. The van der Waals surface area contributed by atoms with Gasteiger partial charge in [0.15, 0.2) is 0 Å². The average molecular weight is 338 g/mol. The third kappa shape index (κ3) is 3.58. The predicted molar refractivity (Wildman–Crippen MR) is 79.6 cm³/mol. The second-order valence-corrected chi connectivity index (χ2v) is 5.91. The van der Waals surface area contributed by atoms with Crippen molar-refractivity contribution in [2.75, 3.05) is 0 Å². The van der Waals surface area contributed by atoms with E-state index in [1.165, 1.54) is 22.9 Å². The Balaban J connectivity index is 2.20. The molecular weight excluding hydrogens is 326 g/mol. The Bertz CT molecular complexity index is 616. The van der Waals surface area contributed by atoms with Gasteiger partial charge in [-0.2, -0.15) is 0 Å². The Hall–Kier alpha value is -1.33. The third-order valence-electron chi connectivity index (χ3n) is 2.67. The molecule has 0 atom stereocenters. The van der Waals surface area contributed by atoms with Crippen LogP contribution in [0.25, 0.3) is 0 Å². The van der Waals surface area contributed by atoms with Gasteiger partial charge < -0.3 is 5.11 Å². The second-order valence-electron chi connectivity index (χ2n) is 4.03.